The summed E-state index contributed by atoms with van der Waals surface area (Å²) < 4.78 is 36.0. The van der Waals surface area contributed by atoms with Crippen LogP contribution >= 0.6 is 11.6 Å². The van der Waals surface area contributed by atoms with Gasteiger partial charge in [0.05, 0.1) is 12.0 Å². The number of methoxy groups -OCH3 is 1. The van der Waals surface area contributed by atoms with Gasteiger partial charge in [-0.2, -0.15) is 0 Å². The predicted molar refractivity (Wildman–Crippen MR) is 85.5 cm³/mol. The largest absolute Gasteiger partial charge is 0.493 e. The lowest BCUT2D eigenvalue weighted by atomic mass is 10.2. The predicted octanol–water partition coefficient (Wildman–Crippen LogP) is 3.41. The number of ether oxygens (including phenoxy) is 1. The molecule has 7 heteroatoms. The number of para-hydroxylation sites is 1. The Morgan fingerprint density at radius 3 is 2.48 bits per heavy atom. The Kier molecular flexibility index (Phi) is 3.87. The molecule has 3 rings (SSSR count). The molecule has 1 aromatic heterocycles. The van der Waals surface area contributed by atoms with Crippen LogP contribution in [0.15, 0.2) is 62.7 Å². The van der Waals surface area contributed by atoms with Crippen molar-refractivity contribution in [3.8, 4) is 5.75 Å². The average molecular weight is 350 g/mol. The Balaban J connectivity index is 2.26. The molecule has 2 aromatic carbocycles. The van der Waals surface area contributed by atoms with Crippen molar-refractivity contribution in [2.24, 2.45) is 0 Å². The van der Waals surface area contributed by atoms with Crippen molar-refractivity contribution in [2.75, 3.05) is 7.11 Å². The number of fused-ring (bicyclic) bond motifs is 1. The maximum atomic E-state index is 12.7. The van der Waals surface area contributed by atoms with E-state index >= 15 is 0 Å². The lowest BCUT2D eigenvalue weighted by Crippen LogP contribution is -2.14. The molecule has 0 atom stereocenters. The second kappa shape index (κ2) is 5.72. The molecule has 23 heavy (non-hydrogen) atoms. The van der Waals surface area contributed by atoms with Gasteiger partial charge in [0.15, 0.2) is 11.3 Å². The first-order valence-corrected chi connectivity index (χ1v) is 8.46. The molecule has 0 spiro atoms. The first-order chi connectivity index (χ1) is 10.9. The molecule has 3 aromatic rings. The van der Waals surface area contributed by atoms with Crippen molar-refractivity contribution < 1.29 is 17.6 Å². The summed E-state index contributed by atoms with van der Waals surface area (Å²) in [6, 6.07) is 12.3. The van der Waals surface area contributed by atoms with Gasteiger partial charge in [0.25, 0.3) is 0 Å². The molecule has 0 saturated carbocycles. The first kappa shape index (κ1) is 15.6. The molecule has 0 saturated heterocycles. The van der Waals surface area contributed by atoms with Crippen molar-refractivity contribution in [3.05, 3.63) is 59.1 Å². The van der Waals surface area contributed by atoms with Gasteiger partial charge >= 0.3 is 0 Å². The Bertz CT molecular complexity index is 1040. The molecule has 0 aliphatic rings. The molecular weight excluding hydrogens is 338 g/mol. The van der Waals surface area contributed by atoms with Crippen LogP contribution in [0, 0.1) is 5.41 Å². The lowest BCUT2D eigenvalue weighted by Gasteiger charge is -2.08. The fourth-order valence-corrected chi connectivity index (χ4v) is 3.66. The molecular formula is C16H12ClNO4S. The van der Waals surface area contributed by atoms with E-state index in [1.165, 1.54) is 37.4 Å². The summed E-state index contributed by atoms with van der Waals surface area (Å²) in [5, 5.41) is 8.91. The minimum atomic E-state index is -3.88. The fourth-order valence-electron chi connectivity index (χ4n) is 2.22. The van der Waals surface area contributed by atoms with Gasteiger partial charge in [-0.1, -0.05) is 23.7 Å². The number of sulfone groups is 1. The second-order valence-corrected chi connectivity index (χ2v) is 7.13. The Morgan fingerprint density at radius 1 is 1.13 bits per heavy atom. The molecule has 118 valence electrons. The summed E-state index contributed by atoms with van der Waals surface area (Å²) in [5.74, 6) is 0.437. The standard InChI is InChI=1S/C16H12ClNO4S/c1-21-13-4-2-3-10-9-14(16(18)22-15(10)13)23(19,20)12-7-5-11(17)6-8-12/h2-9,18H,1H3. The Morgan fingerprint density at radius 2 is 1.83 bits per heavy atom. The minimum Gasteiger partial charge on any atom is -0.493 e. The van der Waals surface area contributed by atoms with Gasteiger partial charge in [0.2, 0.25) is 15.4 Å². The topological polar surface area (TPSA) is 80.4 Å². The van der Waals surface area contributed by atoms with Crippen LogP contribution in [0.1, 0.15) is 0 Å². The number of hydrogen-bond acceptors (Lipinski definition) is 5. The minimum absolute atomic E-state index is 0.0489. The summed E-state index contributed by atoms with van der Waals surface area (Å²) in [5.41, 5.74) is -0.119. The molecule has 1 heterocycles. The number of rotatable bonds is 3. The smallest absolute Gasteiger partial charge is 0.231 e. The summed E-state index contributed by atoms with van der Waals surface area (Å²) >= 11 is 5.79. The van der Waals surface area contributed by atoms with Crippen molar-refractivity contribution in [2.45, 2.75) is 9.79 Å². The molecule has 0 bridgehead atoms. The third kappa shape index (κ3) is 2.71. The maximum Gasteiger partial charge on any atom is 0.231 e. The summed E-state index contributed by atoms with van der Waals surface area (Å²) in [4.78, 5) is -0.159. The summed E-state index contributed by atoms with van der Waals surface area (Å²) in [6.45, 7) is 0. The van der Waals surface area contributed by atoms with Crippen molar-refractivity contribution in [3.63, 3.8) is 0 Å². The monoisotopic (exact) mass is 349 g/mol. The average Bonchev–Trinajstić information content (AvgIpc) is 2.54. The first-order valence-electron chi connectivity index (χ1n) is 6.59. The van der Waals surface area contributed by atoms with E-state index in [4.69, 9.17) is 26.2 Å². The maximum absolute atomic E-state index is 12.7. The molecule has 0 aliphatic carbocycles. The van der Waals surface area contributed by atoms with Crippen LogP contribution < -0.4 is 10.3 Å². The van der Waals surface area contributed by atoms with E-state index in [0.29, 0.717) is 21.7 Å². The highest BCUT2D eigenvalue weighted by molar-refractivity contribution is 7.91. The third-order valence-corrected chi connectivity index (χ3v) is 5.38. The summed E-state index contributed by atoms with van der Waals surface area (Å²) in [7, 11) is -2.40. The molecule has 0 unspecified atom stereocenters. The van der Waals surface area contributed by atoms with Crippen molar-refractivity contribution >= 4 is 32.4 Å². The highest BCUT2D eigenvalue weighted by Crippen LogP contribution is 2.27. The van der Waals surface area contributed by atoms with Crippen LogP contribution in [0.4, 0.5) is 0 Å². The zero-order valence-electron chi connectivity index (χ0n) is 12.0. The van der Waals surface area contributed by atoms with E-state index in [9.17, 15) is 8.42 Å². The van der Waals surface area contributed by atoms with E-state index in [0.717, 1.165) is 0 Å². The quantitative estimate of drug-likeness (QED) is 0.785. The molecule has 0 radical (unpaired) electrons. The Hall–Kier alpha value is -2.31. The SMILES string of the molecule is COc1cccc2cc(S(=O)(=O)c3ccc(Cl)cc3)c(=N)oc12. The van der Waals surface area contributed by atoms with Crippen LogP contribution in [0.5, 0.6) is 5.75 Å². The van der Waals surface area contributed by atoms with Crippen molar-refractivity contribution in [1.82, 2.24) is 0 Å². The fraction of sp³-hybridized carbons (Fsp3) is 0.0625. The van der Waals surface area contributed by atoms with Gasteiger partial charge in [-0.15, -0.1) is 0 Å². The van der Waals surface area contributed by atoms with E-state index < -0.39 is 15.4 Å². The Labute approximate surface area is 137 Å². The number of benzene rings is 2. The molecule has 1 N–H and O–H groups in total. The van der Waals surface area contributed by atoms with Gasteiger partial charge in [-0.3, -0.25) is 5.41 Å². The van der Waals surface area contributed by atoms with E-state index in [1.807, 2.05) is 0 Å². The normalized spacial score (nSPS) is 11.6. The van der Waals surface area contributed by atoms with Gasteiger partial charge in [-0.25, -0.2) is 8.42 Å². The third-order valence-electron chi connectivity index (χ3n) is 3.36. The van der Waals surface area contributed by atoms with Gasteiger partial charge in [0, 0.05) is 10.4 Å². The number of halogens is 1. The molecule has 0 aliphatic heterocycles. The number of hydrogen-bond donors (Lipinski definition) is 1. The van der Waals surface area contributed by atoms with E-state index in [1.54, 1.807) is 18.2 Å². The van der Waals surface area contributed by atoms with Crippen LogP contribution in [0.2, 0.25) is 5.02 Å². The van der Waals surface area contributed by atoms with Crippen LogP contribution in [0.25, 0.3) is 11.0 Å². The van der Waals surface area contributed by atoms with Crippen LogP contribution in [0.3, 0.4) is 0 Å². The lowest BCUT2D eigenvalue weighted by molar-refractivity contribution is 0.402. The second-order valence-electron chi connectivity index (χ2n) is 4.78. The molecule has 0 amide bonds. The molecule has 0 fully saturated rings. The highest BCUT2D eigenvalue weighted by atomic mass is 35.5. The zero-order valence-corrected chi connectivity index (χ0v) is 13.6. The van der Waals surface area contributed by atoms with Gasteiger partial charge in [-0.05, 0) is 36.4 Å². The van der Waals surface area contributed by atoms with Gasteiger partial charge < -0.3 is 9.15 Å². The van der Waals surface area contributed by atoms with E-state index in [2.05, 4.69) is 0 Å². The molecule has 5 nitrogen and oxygen atoms in total. The van der Waals surface area contributed by atoms with Crippen molar-refractivity contribution in [1.29, 1.82) is 5.41 Å². The van der Waals surface area contributed by atoms with E-state index in [-0.39, 0.29) is 9.79 Å². The summed E-state index contributed by atoms with van der Waals surface area (Å²) in [6.07, 6.45) is 0. The zero-order chi connectivity index (χ0) is 16.6. The highest BCUT2D eigenvalue weighted by Gasteiger charge is 2.22. The van der Waals surface area contributed by atoms with Crippen LogP contribution in [-0.4, -0.2) is 15.5 Å². The van der Waals surface area contributed by atoms with Gasteiger partial charge in [0.1, 0.15) is 4.90 Å². The van der Waals surface area contributed by atoms with Crippen LogP contribution in [-0.2, 0) is 9.84 Å². The number of nitrogens with one attached hydrogen (secondary N) is 1.